The Morgan fingerprint density at radius 2 is 1.95 bits per heavy atom. The van der Waals surface area contributed by atoms with Crippen molar-refractivity contribution in [2.75, 3.05) is 39.5 Å². The number of hydrogen-bond donors (Lipinski definition) is 1. The van der Waals surface area contributed by atoms with Gasteiger partial charge in [0.1, 0.15) is 0 Å². The van der Waals surface area contributed by atoms with Gasteiger partial charge in [0, 0.05) is 32.7 Å². The van der Waals surface area contributed by atoms with Gasteiger partial charge in [-0.15, -0.1) is 0 Å². The molecule has 2 aliphatic heterocycles. The normalized spacial score (nSPS) is 17.6. The van der Waals surface area contributed by atoms with Crippen LogP contribution in [0, 0.1) is 0 Å². The zero-order valence-electron chi connectivity index (χ0n) is 13.0. The van der Waals surface area contributed by atoms with Crippen molar-refractivity contribution in [3.8, 4) is 11.5 Å². The number of nitrogens with zero attached hydrogens (tertiary/aromatic N) is 2. The van der Waals surface area contributed by atoms with E-state index in [1.807, 2.05) is 18.2 Å². The summed E-state index contributed by atoms with van der Waals surface area (Å²) >= 11 is 5.52. The summed E-state index contributed by atoms with van der Waals surface area (Å²) < 4.78 is 10.7. The third kappa shape index (κ3) is 3.62. The fraction of sp³-hybridized carbons (Fsp3) is 0.562. The molecule has 120 valence electrons. The number of hydrogen-bond acceptors (Lipinski definition) is 4. The lowest BCUT2D eigenvalue weighted by Gasteiger charge is -2.36. The third-order valence-corrected chi connectivity index (χ3v) is 4.48. The fourth-order valence-corrected chi connectivity index (χ4v) is 3.09. The zero-order chi connectivity index (χ0) is 15.4. The molecule has 0 aromatic heterocycles. The molecule has 0 unspecified atom stereocenters. The molecule has 0 saturated carbocycles. The van der Waals surface area contributed by atoms with Crippen molar-refractivity contribution in [3.05, 3.63) is 23.8 Å². The molecular formula is C16H23N3O2S. The monoisotopic (exact) mass is 321 g/mol. The van der Waals surface area contributed by atoms with Crippen LogP contribution < -0.4 is 14.8 Å². The molecule has 6 heteroatoms. The van der Waals surface area contributed by atoms with Gasteiger partial charge >= 0.3 is 0 Å². The minimum atomic E-state index is 0.312. The van der Waals surface area contributed by atoms with Crippen molar-refractivity contribution in [1.82, 2.24) is 15.1 Å². The van der Waals surface area contributed by atoms with Gasteiger partial charge in [-0.1, -0.05) is 13.0 Å². The minimum Gasteiger partial charge on any atom is -0.454 e. The van der Waals surface area contributed by atoms with Crippen LogP contribution in [0.4, 0.5) is 0 Å². The molecule has 1 fully saturated rings. The largest absolute Gasteiger partial charge is 0.454 e. The number of ether oxygens (including phenoxy) is 2. The van der Waals surface area contributed by atoms with E-state index in [0.29, 0.717) is 13.3 Å². The molecule has 22 heavy (non-hydrogen) atoms. The Morgan fingerprint density at radius 3 is 2.73 bits per heavy atom. The van der Waals surface area contributed by atoms with Gasteiger partial charge in [0.2, 0.25) is 6.79 Å². The summed E-state index contributed by atoms with van der Waals surface area (Å²) in [5, 5.41) is 4.19. The molecule has 1 saturated heterocycles. The standard InChI is InChI=1S/C16H23N3O2S/c1-2-5-18-6-8-19(9-7-18)16(22)17-11-13-3-4-14-15(10-13)21-12-20-14/h3-4,10H,2,5-9,11-12H2,1H3,(H,17,22). The first-order valence-corrected chi connectivity index (χ1v) is 8.30. The zero-order valence-corrected chi connectivity index (χ0v) is 13.8. The Balaban J connectivity index is 1.46. The minimum absolute atomic E-state index is 0.312. The van der Waals surface area contributed by atoms with E-state index in [4.69, 9.17) is 21.7 Å². The van der Waals surface area contributed by atoms with Gasteiger partial charge in [0.15, 0.2) is 16.6 Å². The Morgan fingerprint density at radius 1 is 1.18 bits per heavy atom. The fourth-order valence-electron chi connectivity index (χ4n) is 2.83. The van der Waals surface area contributed by atoms with Crippen LogP contribution in [0.2, 0.25) is 0 Å². The van der Waals surface area contributed by atoms with E-state index in [0.717, 1.165) is 48.4 Å². The summed E-state index contributed by atoms with van der Waals surface area (Å²) in [6.07, 6.45) is 1.22. The first kappa shape index (κ1) is 15.4. The van der Waals surface area contributed by atoms with Crippen molar-refractivity contribution >= 4 is 17.3 Å². The van der Waals surface area contributed by atoms with Gasteiger partial charge in [-0.25, -0.2) is 0 Å². The Kier molecular flexibility index (Phi) is 5.00. The molecule has 2 heterocycles. The summed E-state index contributed by atoms with van der Waals surface area (Å²) in [6.45, 7) is 8.64. The van der Waals surface area contributed by atoms with Crippen LogP contribution in [0.5, 0.6) is 11.5 Å². The van der Waals surface area contributed by atoms with Crippen LogP contribution >= 0.6 is 12.2 Å². The second-order valence-corrected chi connectivity index (χ2v) is 6.06. The lowest BCUT2D eigenvalue weighted by molar-refractivity contribution is 0.174. The van der Waals surface area contributed by atoms with E-state index in [2.05, 4.69) is 22.0 Å². The molecule has 1 aromatic carbocycles. The van der Waals surface area contributed by atoms with Crippen LogP contribution in [-0.4, -0.2) is 54.4 Å². The second-order valence-electron chi connectivity index (χ2n) is 5.68. The molecule has 1 aromatic rings. The van der Waals surface area contributed by atoms with E-state index in [1.165, 1.54) is 13.0 Å². The molecule has 1 N–H and O–H groups in total. The van der Waals surface area contributed by atoms with Crippen molar-refractivity contribution in [3.63, 3.8) is 0 Å². The molecule has 0 aliphatic carbocycles. The Labute approximate surface area is 137 Å². The summed E-state index contributed by atoms with van der Waals surface area (Å²) in [5.74, 6) is 1.64. The van der Waals surface area contributed by atoms with Crippen molar-refractivity contribution in [2.24, 2.45) is 0 Å². The number of thiocarbonyl (C=S) groups is 1. The smallest absolute Gasteiger partial charge is 0.231 e. The summed E-state index contributed by atoms with van der Waals surface area (Å²) in [5.41, 5.74) is 1.15. The van der Waals surface area contributed by atoms with Gasteiger partial charge in [-0.2, -0.15) is 0 Å². The van der Waals surface area contributed by atoms with Crippen LogP contribution in [0.3, 0.4) is 0 Å². The number of piperazine rings is 1. The molecule has 0 bridgehead atoms. The Bertz CT molecular complexity index is 530. The maximum absolute atomic E-state index is 5.52. The van der Waals surface area contributed by atoms with Gasteiger partial charge in [-0.3, -0.25) is 4.90 Å². The highest BCUT2D eigenvalue weighted by Crippen LogP contribution is 2.32. The summed E-state index contributed by atoms with van der Waals surface area (Å²) in [7, 11) is 0. The predicted molar refractivity (Wildman–Crippen MR) is 90.3 cm³/mol. The average Bonchev–Trinajstić information content (AvgIpc) is 3.01. The van der Waals surface area contributed by atoms with Gasteiger partial charge in [0.25, 0.3) is 0 Å². The number of nitrogens with one attached hydrogen (secondary N) is 1. The van der Waals surface area contributed by atoms with Gasteiger partial charge < -0.3 is 19.7 Å². The highest BCUT2D eigenvalue weighted by atomic mass is 32.1. The maximum atomic E-state index is 5.52. The lowest BCUT2D eigenvalue weighted by atomic mass is 10.2. The number of rotatable bonds is 4. The Hall–Kier alpha value is -1.53. The predicted octanol–water partition coefficient (Wildman–Crippen LogP) is 1.82. The third-order valence-electron chi connectivity index (χ3n) is 4.08. The second kappa shape index (κ2) is 7.15. The highest BCUT2D eigenvalue weighted by Gasteiger charge is 2.18. The molecule has 3 rings (SSSR count). The van der Waals surface area contributed by atoms with Crippen molar-refractivity contribution in [2.45, 2.75) is 19.9 Å². The molecule has 2 aliphatic rings. The molecule has 0 radical (unpaired) electrons. The van der Waals surface area contributed by atoms with Crippen molar-refractivity contribution < 1.29 is 9.47 Å². The molecule has 0 atom stereocenters. The van der Waals surface area contributed by atoms with Crippen LogP contribution in [0.1, 0.15) is 18.9 Å². The molecule has 0 amide bonds. The van der Waals surface area contributed by atoms with E-state index in [9.17, 15) is 0 Å². The lowest BCUT2D eigenvalue weighted by Crippen LogP contribution is -2.51. The number of fused-ring (bicyclic) bond motifs is 1. The van der Waals surface area contributed by atoms with Gasteiger partial charge in [-0.05, 0) is 42.9 Å². The number of benzene rings is 1. The quantitative estimate of drug-likeness (QED) is 0.853. The topological polar surface area (TPSA) is 37.0 Å². The van der Waals surface area contributed by atoms with Crippen LogP contribution in [-0.2, 0) is 6.54 Å². The van der Waals surface area contributed by atoms with Crippen LogP contribution in [0.25, 0.3) is 0 Å². The molecule has 5 nitrogen and oxygen atoms in total. The maximum Gasteiger partial charge on any atom is 0.231 e. The summed E-state index contributed by atoms with van der Waals surface area (Å²) in [6, 6.07) is 6.01. The van der Waals surface area contributed by atoms with Crippen LogP contribution in [0.15, 0.2) is 18.2 Å². The average molecular weight is 321 g/mol. The molecular weight excluding hydrogens is 298 g/mol. The van der Waals surface area contributed by atoms with E-state index in [1.54, 1.807) is 0 Å². The van der Waals surface area contributed by atoms with E-state index in [-0.39, 0.29) is 0 Å². The van der Waals surface area contributed by atoms with E-state index < -0.39 is 0 Å². The first-order valence-electron chi connectivity index (χ1n) is 7.90. The summed E-state index contributed by atoms with van der Waals surface area (Å²) in [4.78, 5) is 4.76. The first-order chi connectivity index (χ1) is 10.8. The van der Waals surface area contributed by atoms with Gasteiger partial charge in [0.05, 0.1) is 0 Å². The van der Waals surface area contributed by atoms with Crippen molar-refractivity contribution in [1.29, 1.82) is 0 Å². The van der Waals surface area contributed by atoms with E-state index >= 15 is 0 Å². The SMILES string of the molecule is CCCN1CCN(C(=S)NCc2ccc3c(c2)OCO3)CC1. The molecule has 0 spiro atoms. The highest BCUT2D eigenvalue weighted by molar-refractivity contribution is 7.80.